The molecular formula is C22H19F2N5O3. The Morgan fingerprint density at radius 2 is 2.12 bits per heavy atom. The lowest BCUT2D eigenvalue weighted by atomic mass is 9.81. The molecule has 0 radical (unpaired) electrons. The molecule has 1 aromatic carbocycles. The van der Waals surface area contributed by atoms with E-state index in [-0.39, 0.29) is 37.1 Å². The Kier molecular flexibility index (Phi) is 4.74. The number of anilines is 1. The molecule has 10 heteroatoms. The van der Waals surface area contributed by atoms with Gasteiger partial charge in [0.25, 0.3) is 5.91 Å². The second kappa shape index (κ2) is 7.49. The van der Waals surface area contributed by atoms with E-state index >= 15 is 0 Å². The second-order valence-corrected chi connectivity index (χ2v) is 7.97. The number of imidazole rings is 1. The Morgan fingerprint density at radius 1 is 1.31 bits per heavy atom. The number of aryl methyl sites for hydroxylation is 1. The van der Waals surface area contributed by atoms with Crippen LogP contribution in [0.5, 0.6) is 0 Å². The van der Waals surface area contributed by atoms with Gasteiger partial charge in [-0.25, -0.2) is 13.8 Å². The first kappa shape index (κ1) is 20.3. The van der Waals surface area contributed by atoms with E-state index in [1.54, 1.807) is 40.9 Å². The zero-order chi connectivity index (χ0) is 22.5. The number of aromatic nitrogens is 4. The second-order valence-electron chi connectivity index (χ2n) is 7.97. The largest absolute Gasteiger partial charge is 0.392 e. The molecule has 1 saturated carbocycles. The first-order valence-corrected chi connectivity index (χ1v) is 10.0. The number of pyridine rings is 1. The topological polar surface area (TPSA) is 106 Å². The lowest BCUT2D eigenvalue weighted by Crippen LogP contribution is -2.33. The highest BCUT2D eigenvalue weighted by Crippen LogP contribution is 2.47. The molecular weight excluding hydrogens is 420 g/mol. The van der Waals surface area contributed by atoms with Gasteiger partial charge in [-0.05, 0) is 36.2 Å². The van der Waals surface area contributed by atoms with Crippen molar-refractivity contribution in [3.63, 3.8) is 0 Å². The van der Waals surface area contributed by atoms with Gasteiger partial charge in [0.1, 0.15) is 11.3 Å². The number of aliphatic hydroxyl groups excluding tert-OH is 1. The number of hydrogen-bond donors (Lipinski definition) is 2. The van der Waals surface area contributed by atoms with Crippen LogP contribution in [0.15, 0.2) is 47.2 Å². The quantitative estimate of drug-likeness (QED) is 0.488. The van der Waals surface area contributed by atoms with Crippen molar-refractivity contribution in [2.24, 2.45) is 0 Å². The van der Waals surface area contributed by atoms with E-state index in [1.165, 1.54) is 6.20 Å². The van der Waals surface area contributed by atoms with Crippen LogP contribution in [-0.2, 0) is 6.61 Å². The fraction of sp³-hybridized carbons (Fsp3) is 0.273. The minimum absolute atomic E-state index is 0.113. The lowest BCUT2D eigenvalue weighted by Gasteiger charge is -2.31. The third kappa shape index (κ3) is 3.62. The van der Waals surface area contributed by atoms with Crippen LogP contribution in [0.3, 0.4) is 0 Å². The molecule has 1 aliphatic rings. The molecule has 0 spiro atoms. The van der Waals surface area contributed by atoms with Crippen molar-refractivity contribution in [3.05, 3.63) is 65.4 Å². The third-order valence-electron chi connectivity index (χ3n) is 5.62. The number of fused-ring (bicyclic) bond motifs is 1. The molecule has 0 saturated heterocycles. The highest BCUT2D eigenvalue weighted by atomic mass is 19.3. The van der Waals surface area contributed by atoms with Crippen molar-refractivity contribution in [1.82, 2.24) is 19.5 Å². The number of carbonyl (C=O) groups excluding carboxylic acids is 1. The molecule has 1 amide bonds. The summed E-state index contributed by atoms with van der Waals surface area (Å²) in [6, 6.07) is 8.71. The predicted molar refractivity (Wildman–Crippen MR) is 110 cm³/mol. The average Bonchev–Trinajstić information content (AvgIpc) is 3.40. The zero-order valence-electron chi connectivity index (χ0n) is 17.0. The van der Waals surface area contributed by atoms with Crippen molar-refractivity contribution in [1.29, 1.82) is 0 Å². The first-order valence-electron chi connectivity index (χ1n) is 10.0. The van der Waals surface area contributed by atoms with E-state index in [1.807, 2.05) is 6.92 Å². The van der Waals surface area contributed by atoms with E-state index in [0.29, 0.717) is 28.2 Å². The molecule has 8 nitrogen and oxygen atoms in total. The number of halogens is 2. The fourth-order valence-corrected chi connectivity index (χ4v) is 3.73. The molecule has 2 N–H and O–H groups in total. The summed E-state index contributed by atoms with van der Waals surface area (Å²) in [6.07, 6.45) is 2.56. The highest BCUT2D eigenvalue weighted by Gasteiger charge is 2.48. The number of alkyl halides is 2. The van der Waals surface area contributed by atoms with E-state index in [0.717, 1.165) is 5.56 Å². The molecule has 0 atom stereocenters. The minimum Gasteiger partial charge on any atom is -0.392 e. The number of carbonyl (C=O) groups is 1. The Labute approximate surface area is 180 Å². The van der Waals surface area contributed by atoms with Gasteiger partial charge in [0.15, 0.2) is 0 Å². The van der Waals surface area contributed by atoms with Gasteiger partial charge < -0.3 is 14.9 Å². The summed E-state index contributed by atoms with van der Waals surface area (Å²) < 4.78 is 33.1. The number of amides is 1. The first-order chi connectivity index (χ1) is 15.3. The summed E-state index contributed by atoms with van der Waals surface area (Å²) in [5, 5.41) is 16.1. The van der Waals surface area contributed by atoms with Gasteiger partial charge in [-0.3, -0.25) is 9.20 Å². The molecule has 0 unspecified atom stereocenters. The molecule has 3 heterocycles. The standard InChI is InChI=1S/C22H19F2N5O3/c1-12-2-3-14(19-27-21(32-28-19)15-8-22(23,24)9-15)7-16(12)26-20(31)17-10-25-18-6-13(11-30)4-5-29(17)18/h2-7,10,15,30H,8-9,11H2,1H3,(H,26,31). The molecule has 164 valence electrons. The van der Waals surface area contributed by atoms with Crippen LogP contribution < -0.4 is 5.32 Å². The van der Waals surface area contributed by atoms with Crippen LogP contribution >= 0.6 is 0 Å². The SMILES string of the molecule is Cc1ccc(-c2noc(C3CC(F)(F)C3)n2)cc1NC(=O)c1cnc2cc(CO)ccn12. The van der Waals surface area contributed by atoms with Crippen LogP contribution in [0.25, 0.3) is 17.0 Å². The van der Waals surface area contributed by atoms with Crippen molar-refractivity contribution >= 4 is 17.2 Å². The Morgan fingerprint density at radius 3 is 2.88 bits per heavy atom. The number of rotatable bonds is 5. The van der Waals surface area contributed by atoms with Gasteiger partial charge in [0.05, 0.1) is 12.8 Å². The zero-order valence-corrected chi connectivity index (χ0v) is 17.0. The lowest BCUT2D eigenvalue weighted by molar-refractivity contribution is -0.0925. The summed E-state index contributed by atoms with van der Waals surface area (Å²) in [6.45, 7) is 1.73. The van der Waals surface area contributed by atoms with Crippen LogP contribution in [-0.4, -0.2) is 36.5 Å². The third-order valence-corrected chi connectivity index (χ3v) is 5.62. The number of hydrogen-bond acceptors (Lipinski definition) is 6. The maximum absolute atomic E-state index is 13.1. The smallest absolute Gasteiger partial charge is 0.274 e. The summed E-state index contributed by atoms with van der Waals surface area (Å²) in [7, 11) is 0. The summed E-state index contributed by atoms with van der Waals surface area (Å²) >= 11 is 0. The van der Waals surface area contributed by atoms with Gasteiger partial charge in [0.2, 0.25) is 17.6 Å². The van der Waals surface area contributed by atoms with E-state index in [4.69, 9.17) is 4.52 Å². The van der Waals surface area contributed by atoms with Crippen LogP contribution in [0.2, 0.25) is 0 Å². The van der Waals surface area contributed by atoms with Crippen molar-refractivity contribution in [2.45, 2.75) is 38.2 Å². The maximum atomic E-state index is 13.1. The molecule has 4 aromatic rings. The number of nitrogens with one attached hydrogen (secondary N) is 1. The molecule has 1 aliphatic carbocycles. The molecule has 0 bridgehead atoms. The Bertz CT molecular complexity index is 1320. The number of nitrogens with zero attached hydrogens (tertiary/aromatic N) is 4. The fourth-order valence-electron chi connectivity index (χ4n) is 3.73. The molecule has 0 aliphatic heterocycles. The van der Waals surface area contributed by atoms with Gasteiger partial charge in [-0.1, -0.05) is 17.3 Å². The van der Waals surface area contributed by atoms with Gasteiger partial charge >= 0.3 is 0 Å². The summed E-state index contributed by atoms with van der Waals surface area (Å²) in [5.41, 5.74) is 3.55. The molecule has 1 fully saturated rings. The predicted octanol–water partition coefficient (Wildman–Crippen LogP) is 3.95. The van der Waals surface area contributed by atoms with Crippen LogP contribution in [0.1, 0.15) is 46.3 Å². The number of benzene rings is 1. The Balaban J connectivity index is 1.38. The summed E-state index contributed by atoms with van der Waals surface area (Å²) in [4.78, 5) is 21.4. The van der Waals surface area contributed by atoms with E-state index < -0.39 is 11.8 Å². The monoisotopic (exact) mass is 439 g/mol. The molecule has 32 heavy (non-hydrogen) atoms. The van der Waals surface area contributed by atoms with Gasteiger partial charge in [0, 0.05) is 36.2 Å². The number of aliphatic hydroxyl groups is 1. The molecule has 3 aromatic heterocycles. The van der Waals surface area contributed by atoms with Crippen molar-refractivity contribution in [2.75, 3.05) is 5.32 Å². The van der Waals surface area contributed by atoms with Gasteiger partial charge in [-0.15, -0.1) is 0 Å². The van der Waals surface area contributed by atoms with E-state index in [2.05, 4.69) is 20.4 Å². The maximum Gasteiger partial charge on any atom is 0.274 e. The van der Waals surface area contributed by atoms with E-state index in [9.17, 15) is 18.7 Å². The highest BCUT2D eigenvalue weighted by molar-refractivity contribution is 6.04. The van der Waals surface area contributed by atoms with Crippen molar-refractivity contribution in [3.8, 4) is 11.4 Å². The molecule has 5 rings (SSSR count). The normalized spacial score (nSPS) is 15.6. The van der Waals surface area contributed by atoms with Crippen molar-refractivity contribution < 1.29 is 23.2 Å². The average molecular weight is 439 g/mol. The van der Waals surface area contributed by atoms with Crippen LogP contribution in [0, 0.1) is 6.92 Å². The summed E-state index contributed by atoms with van der Waals surface area (Å²) in [5.74, 6) is -2.99. The Hall–Kier alpha value is -3.66. The van der Waals surface area contributed by atoms with Crippen LogP contribution in [0.4, 0.5) is 14.5 Å². The minimum atomic E-state index is -2.67. The van der Waals surface area contributed by atoms with Gasteiger partial charge in [-0.2, -0.15) is 4.98 Å².